The molecule has 0 aliphatic rings. The summed E-state index contributed by atoms with van der Waals surface area (Å²) in [4.78, 5) is 34.0. The highest BCUT2D eigenvalue weighted by Crippen LogP contribution is 2.24. The predicted octanol–water partition coefficient (Wildman–Crippen LogP) is 5.31. The van der Waals surface area contributed by atoms with Crippen LogP contribution in [0.4, 0.5) is 11.4 Å². The number of hydrogen-bond acceptors (Lipinski definition) is 8. The van der Waals surface area contributed by atoms with Gasteiger partial charge in [0.2, 0.25) is 9.84 Å². The van der Waals surface area contributed by atoms with Gasteiger partial charge in [-0.2, -0.15) is 0 Å². The highest BCUT2D eigenvalue weighted by molar-refractivity contribution is 7.91. The van der Waals surface area contributed by atoms with Crippen molar-refractivity contribution in [1.82, 2.24) is 0 Å². The van der Waals surface area contributed by atoms with Crippen LogP contribution in [-0.2, 0) is 32.8 Å². The Kier molecular flexibility index (Phi) is 8.92. The molecule has 40 heavy (non-hydrogen) atoms. The topological polar surface area (TPSA) is 151 Å². The number of aromatic carboxylic acids is 1. The van der Waals surface area contributed by atoms with E-state index in [1.807, 2.05) is 18.2 Å². The van der Waals surface area contributed by atoms with Crippen LogP contribution in [0.15, 0.2) is 101 Å². The highest BCUT2D eigenvalue weighted by Gasteiger charge is 2.19. The Bertz CT molecular complexity index is 1620. The van der Waals surface area contributed by atoms with Crippen molar-refractivity contribution < 1.29 is 38.1 Å². The second kappa shape index (κ2) is 12.5. The minimum atomic E-state index is -3.85. The fourth-order valence-electron chi connectivity index (χ4n) is 3.89. The van der Waals surface area contributed by atoms with E-state index in [4.69, 9.17) is 10.1 Å². The summed E-state index contributed by atoms with van der Waals surface area (Å²) in [7, 11) is -3.85. The second-order valence-corrected chi connectivity index (χ2v) is 10.7. The SMILES string of the molecule is Cc1ccc(C(=O)O)c(C(=O)Nc2ccc(S(=O)(=O)c3ccc(NOCc4ccccc4COO)cc3)cc2)c1. The summed E-state index contributed by atoms with van der Waals surface area (Å²) < 4.78 is 26.2. The molecule has 0 unspecified atom stereocenters. The molecule has 206 valence electrons. The molecule has 0 aliphatic heterocycles. The largest absolute Gasteiger partial charge is 0.478 e. The van der Waals surface area contributed by atoms with Gasteiger partial charge in [0.05, 0.1) is 33.2 Å². The number of carbonyl (C=O) groups excluding carboxylic acids is 1. The summed E-state index contributed by atoms with van der Waals surface area (Å²) in [6.45, 7) is 1.95. The molecule has 0 aromatic heterocycles. The molecule has 0 saturated heterocycles. The summed E-state index contributed by atoms with van der Waals surface area (Å²) >= 11 is 0. The average molecular weight is 563 g/mol. The van der Waals surface area contributed by atoms with Gasteiger partial charge in [-0.25, -0.2) is 18.1 Å². The maximum atomic E-state index is 13.1. The van der Waals surface area contributed by atoms with Crippen molar-refractivity contribution in [2.75, 3.05) is 10.8 Å². The third-order valence-electron chi connectivity index (χ3n) is 5.99. The summed E-state index contributed by atoms with van der Waals surface area (Å²) in [6, 6.07) is 23.3. The quantitative estimate of drug-likeness (QED) is 0.141. The van der Waals surface area contributed by atoms with Gasteiger partial charge >= 0.3 is 5.97 Å². The van der Waals surface area contributed by atoms with Crippen LogP contribution < -0.4 is 10.8 Å². The van der Waals surface area contributed by atoms with Crippen molar-refractivity contribution in [3.63, 3.8) is 0 Å². The summed E-state index contributed by atoms with van der Waals surface area (Å²) in [6.07, 6.45) is 0. The van der Waals surface area contributed by atoms with E-state index in [0.29, 0.717) is 11.4 Å². The second-order valence-electron chi connectivity index (χ2n) is 8.79. The maximum Gasteiger partial charge on any atom is 0.336 e. The average Bonchev–Trinajstić information content (AvgIpc) is 2.94. The minimum absolute atomic E-state index is 0.00487. The number of benzene rings is 4. The number of carboxylic acids is 1. The number of carboxylic acid groups (broad SMARTS) is 1. The van der Waals surface area contributed by atoms with Crippen LogP contribution in [0.25, 0.3) is 0 Å². The van der Waals surface area contributed by atoms with Crippen LogP contribution in [0.3, 0.4) is 0 Å². The van der Waals surface area contributed by atoms with Crippen molar-refractivity contribution in [1.29, 1.82) is 0 Å². The van der Waals surface area contributed by atoms with Gasteiger partial charge in [0.15, 0.2) is 0 Å². The van der Waals surface area contributed by atoms with Gasteiger partial charge in [0.25, 0.3) is 5.91 Å². The van der Waals surface area contributed by atoms with E-state index >= 15 is 0 Å². The van der Waals surface area contributed by atoms with E-state index in [9.17, 15) is 23.1 Å². The fraction of sp³-hybridized carbons (Fsp3) is 0.103. The lowest BCUT2D eigenvalue weighted by Gasteiger charge is -2.11. The Hall–Kier alpha value is -4.55. The molecule has 11 heteroatoms. The molecule has 4 N–H and O–H groups in total. The Morgan fingerprint density at radius 2 is 1.35 bits per heavy atom. The lowest BCUT2D eigenvalue weighted by atomic mass is 10.0. The number of carbonyl (C=O) groups is 2. The van der Waals surface area contributed by atoms with E-state index in [-0.39, 0.29) is 34.1 Å². The lowest BCUT2D eigenvalue weighted by Crippen LogP contribution is -2.16. The highest BCUT2D eigenvalue weighted by atomic mass is 32.2. The van der Waals surface area contributed by atoms with Gasteiger partial charge in [-0.3, -0.25) is 20.4 Å². The van der Waals surface area contributed by atoms with E-state index in [0.717, 1.165) is 16.7 Å². The smallest absolute Gasteiger partial charge is 0.336 e. The number of aryl methyl sites for hydroxylation is 1. The van der Waals surface area contributed by atoms with Crippen molar-refractivity contribution in [2.45, 2.75) is 29.9 Å². The summed E-state index contributed by atoms with van der Waals surface area (Å²) in [5, 5.41) is 20.7. The number of amides is 1. The Morgan fingerprint density at radius 3 is 1.93 bits per heavy atom. The maximum absolute atomic E-state index is 13.1. The standard InChI is InChI=1S/C29H26N2O8S/c1-19-6-15-26(29(33)34)27(16-19)28(32)30-22-7-11-24(12-8-22)40(36,37)25-13-9-23(10-14-25)31-38-17-20-4-2-3-5-21(20)18-39-35/h2-16,31,35H,17-18H2,1H3,(H,30,32)(H,33,34). The minimum Gasteiger partial charge on any atom is -0.478 e. The van der Waals surface area contributed by atoms with Crippen LogP contribution in [0.1, 0.15) is 37.4 Å². The zero-order valence-electron chi connectivity index (χ0n) is 21.3. The number of sulfone groups is 1. The zero-order valence-corrected chi connectivity index (χ0v) is 22.1. The van der Waals surface area contributed by atoms with Crippen molar-refractivity contribution in [2.24, 2.45) is 0 Å². The number of hydrogen-bond donors (Lipinski definition) is 4. The molecule has 0 heterocycles. The molecule has 0 radical (unpaired) electrons. The van der Waals surface area contributed by atoms with E-state index in [1.54, 1.807) is 31.2 Å². The first-order valence-corrected chi connectivity index (χ1v) is 13.5. The molecule has 0 spiro atoms. The van der Waals surface area contributed by atoms with Crippen LogP contribution in [0.5, 0.6) is 0 Å². The molecular weight excluding hydrogens is 536 g/mol. The Morgan fingerprint density at radius 1 is 0.775 bits per heavy atom. The van der Waals surface area contributed by atoms with Crippen molar-refractivity contribution in [3.05, 3.63) is 119 Å². The molecule has 4 rings (SSSR count). The van der Waals surface area contributed by atoms with E-state index < -0.39 is 21.7 Å². The molecule has 1 amide bonds. The Balaban J connectivity index is 1.40. The van der Waals surface area contributed by atoms with Crippen LogP contribution in [0.2, 0.25) is 0 Å². The van der Waals surface area contributed by atoms with E-state index in [1.165, 1.54) is 48.5 Å². The van der Waals surface area contributed by atoms with Crippen LogP contribution in [-0.4, -0.2) is 30.7 Å². The van der Waals surface area contributed by atoms with Crippen molar-refractivity contribution >= 4 is 33.1 Å². The van der Waals surface area contributed by atoms with Gasteiger partial charge in [0.1, 0.15) is 6.61 Å². The number of anilines is 2. The van der Waals surface area contributed by atoms with E-state index in [2.05, 4.69) is 15.7 Å². The van der Waals surface area contributed by atoms with Gasteiger partial charge < -0.3 is 10.4 Å². The predicted molar refractivity (Wildman–Crippen MR) is 147 cm³/mol. The molecular formula is C29H26N2O8S. The van der Waals surface area contributed by atoms with Gasteiger partial charge in [-0.1, -0.05) is 35.9 Å². The molecule has 4 aromatic carbocycles. The lowest BCUT2D eigenvalue weighted by molar-refractivity contribution is -0.253. The van der Waals surface area contributed by atoms with Crippen LogP contribution >= 0.6 is 0 Å². The molecule has 0 saturated carbocycles. The Labute approximate surface area is 230 Å². The molecule has 10 nitrogen and oxygen atoms in total. The third-order valence-corrected chi connectivity index (χ3v) is 7.78. The molecule has 0 atom stereocenters. The summed E-state index contributed by atoms with van der Waals surface area (Å²) in [5.74, 6) is -1.84. The molecule has 0 fully saturated rings. The number of rotatable bonds is 11. The summed E-state index contributed by atoms with van der Waals surface area (Å²) in [5.41, 5.74) is 5.77. The molecule has 4 aromatic rings. The van der Waals surface area contributed by atoms with Crippen molar-refractivity contribution in [3.8, 4) is 0 Å². The third kappa shape index (κ3) is 6.71. The fourth-order valence-corrected chi connectivity index (χ4v) is 5.15. The van der Waals surface area contributed by atoms with Gasteiger partial charge in [0, 0.05) is 5.69 Å². The first kappa shape index (κ1) is 28.5. The first-order valence-electron chi connectivity index (χ1n) is 12.0. The molecule has 0 bridgehead atoms. The van der Waals surface area contributed by atoms with Gasteiger partial charge in [-0.05, 0) is 78.7 Å². The number of nitrogens with one attached hydrogen (secondary N) is 2. The van der Waals surface area contributed by atoms with Crippen LogP contribution in [0, 0.1) is 6.92 Å². The normalized spacial score (nSPS) is 11.2. The monoisotopic (exact) mass is 562 g/mol. The molecule has 0 aliphatic carbocycles. The zero-order chi connectivity index (χ0) is 28.7. The first-order chi connectivity index (χ1) is 19.2. The van der Waals surface area contributed by atoms with Gasteiger partial charge in [-0.15, -0.1) is 0 Å².